The summed E-state index contributed by atoms with van der Waals surface area (Å²) < 4.78 is 27.2. The fourth-order valence-corrected chi connectivity index (χ4v) is 5.83. The average molecular weight is 459 g/mol. The molecule has 1 aliphatic rings. The second kappa shape index (κ2) is 8.74. The fraction of sp³-hybridized carbons (Fsp3) is 0.286. The number of aryl methyl sites for hydroxylation is 1. The van der Waals surface area contributed by atoms with E-state index in [1.807, 2.05) is 5.38 Å². The monoisotopic (exact) mass is 458 g/mol. The molecule has 0 spiro atoms. The van der Waals surface area contributed by atoms with Crippen LogP contribution >= 0.6 is 11.3 Å². The van der Waals surface area contributed by atoms with Gasteiger partial charge in [-0.05, 0) is 18.1 Å². The van der Waals surface area contributed by atoms with Crippen LogP contribution < -0.4 is 4.90 Å². The van der Waals surface area contributed by atoms with Crippen LogP contribution in [0.1, 0.15) is 12.5 Å². The SMILES string of the molecule is CCc1ccc(-c2csc(N3CCN(S(=O)(=O)c4cccc([N+](=O)[O-])c4)CC3)n2)cc1. The quantitative estimate of drug-likeness (QED) is 0.412. The van der Waals surface area contributed by atoms with Crippen molar-refractivity contribution in [3.63, 3.8) is 0 Å². The van der Waals surface area contributed by atoms with Gasteiger partial charge >= 0.3 is 0 Å². The van der Waals surface area contributed by atoms with E-state index >= 15 is 0 Å². The molecule has 4 rings (SSSR count). The van der Waals surface area contributed by atoms with Crippen LogP contribution in [0, 0.1) is 10.1 Å². The normalized spacial score (nSPS) is 15.2. The molecule has 0 unspecified atom stereocenters. The zero-order chi connectivity index (χ0) is 22.0. The Morgan fingerprint density at radius 3 is 2.45 bits per heavy atom. The highest BCUT2D eigenvalue weighted by atomic mass is 32.2. The molecule has 0 amide bonds. The number of hydrogen-bond acceptors (Lipinski definition) is 7. The minimum Gasteiger partial charge on any atom is -0.345 e. The van der Waals surface area contributed by atoms with E-state index in [-0.39, 0.29) is 10.6 Å². The Morgan fingerprint density at radius 1 is 1.10 bits per heavy atom. The summed E-state index contributed by atoms with van der Waals surface area (Å²) in [5.74, 6) is 0. The van der Waals surface area contributed by atoms with Crippen molar-refractivity contribution in [3.8, 4) is 11.3 Å². The number of non-ortho nitro benzene ring substituents is 1. The molecule has 8 nitrogen and oxygen atoms in total. The van der Waals surface area contributed by atoms with Crippen molar-refractivity contribution in [1.29, 1.82) is 0 Å². The van der Waals surface area contributed by atoms with Gasteiger partial charge in [-0.15, -0.1) is 11.3 Å². The molecule has 31 heavy (non-hydrogen) atoms. The Morgan fingerprint density at radius 2 is 1.81 bits per heavy atom. The van der Waals surface area contributed by atoms with Crippen LogP contribution in [0.15, 0.2) is 58.8 Å². The van der Waals surface area contributed by atoms with Gasteiger partial charge in [0.15, 0.2) is 5.13 Å². The summed E-state index contributed by atoms with van der Waals surface area (Å²) in [6.45, 7) is 3.73. The molecule has 0 saturated carbocycles. The van der Waals surface area contributed by atoms with Gasteiger partial charge in [0.1, 0.15) is 0 Å². The van der Waals surface area contributed by atoms with E-state index in [1.54, 1.807) is 11.3 Å². The highest BCUT2D eigenvalue weighted by Crippen LogP contribution is 2.29. The van der Waals surface area contributed by atoms with Crippen LogP contribution in [-0.2, 0) is 16.4 Å². The van der Waals surface area contributed by atoms with Crippen LogP contribution in [0.3, 0.4) is 0 Å². The maximum atomic E-state index is 12.9. The highest BCUT2D eigenvalue weighted by Gasteiger charge is 2.30. The lowest BCUT2D eigenvalue weighted by atomic mass is 10.1. The number of anilines is 1. The van der Waals surface area contributed by atoms with Gasteiger partial charge in [0.05, 0.1) is 15.5 Å². The molecule has 0 radical (unpaired) electrons. The Labute approximate surface area is 185 Å². The van der Waals surface area contributed by atoms with Crippen molar-refractivity contribution < 1.29 is 13.3 Å². The highest BCUT2D eigenvalue weighted by molar-refractivity contribution is 7.89. The molecule has 0 atom stereocenters. The molecule has 10 heteroatoms. The van der Waals surface area contributed by atoms with Gasteiger partial charge in [-0.1, -0.05) is 37.3 Å². The van der Waals surface area contributed by atoms with Crippen molar-refractivity contribution in [2.45, 2.75) is 18.2 Å². The summed E-state index contributed by atoms with van der Waals surface area (Å²) in [5.41, 5.74) is 3.02. The van der Waals surface area contributed by atoms with E-state index in [4.69, 9.17) is 4.98 Å². The predicted molar refractivity (Wildman–Crippen MR) is 121 cm³/mol. The summed E-state index contributed by atoms with van der Waals surface area (Å²) in [4.78, 5) is 17.1. The summed E-state index contributed by atoms with van der Waals surface area (Å²) >= 11 is 1.54. The number of sulfonamides is 1. The average Bonchev–Trinajstić information content (AvgIpc) is 3.29. The number of aromatic nitrogens is 1. The zero-order valence-electron chi connectivity index (χ0n) is 17.0. The van der Waals surface area contributed by atoms with Gasteiger partial charge in [-0.25, -0.2) is 13.4 Å². The van der Waals surface area contributed by atoms with Gasteiger partial charge in [-0.2, -0.15) is 4.31 Å². The van der Waals surface area contributed by atoms with Crippen LogP contribution in [0.2, 0.25) is 0 Å². The number of nitro groups is 1. The molecule has 1 saturated heterocycles. The lowest BCUT2D eigenvalue weighted by Gasteiger charge is -2.33. The maximum absolute atomic E-state index is 12.9. The first-order valence-electron chi connectivity index (χ1n) is 9.93. The predicted octanol–water partition coefficient (Wildman–Crippen LogP) is 3.79. The van der Waals surface area contributed by atoms with Crippen LogP contribution in [0.4, 0.5) is 10.8 Å². The Hall–Kier alpha value is -2.82. The minimum absolute atomic E-state index is 0.0535. The summed E-state index contributed by atoms with van der Waals surface area (Å²) in [6, 6.07) is 13.5. The number of piperazine rings is 1. The molecule has 2 aromatic carbocycles. The lowest BCUT2D eigenvalue weighted by molar-refractivity contribution is -0.385. The zero-order valence-corrected chi connectivity index (χ0v) is 18.6. The summed E-state index contributed by atoms with van der Waals surface area (Å²) in [5, 5.41) is 13.9. The molecule has 3 aromatic rings. The van der Waals surface area contributed by atoms with E-state index in [0.29, 0.717) is 26.2 Å². The first-order valence-corrected chi connectivity index (χ1v) is 12.2. The third-order valence-corrected chi connectivity index (χ3v) is 8.12. The molecule has 0 bridgehead atoms. The third kappa shape index (κ3) is 4.46. The Bertz CT molecular complexity index is 1180. The molecule has 1 fully saturated rings. The maximum Gasteiger partial charge on any atom is 0.270 e. The standard InChI is InChI=1S/C21H22N4O4S2/c1-2-16-6-8-17(9-7-16)20-15-30-21(22-20)23-10-12-24(13-11-23)31(28,29)19-5-3-4-18(14-19)25(26)27/h3-9,14-15H,2,10-13H2,1H3. The Balaban J connectivity index is 1.44. The lowest BCUT2D eigenvalue weighted by Crippen LogP contribution is -2.48. The molecular formula is C21H22N4O4S2. The van der Waals surface area contributed by atoms with Gasteiger partial charge < -0.3 is 4.90 Å². The molecular weight excluding hydrogens is 436 g/mol. The summed E-state index contributed by atoms with van der Waals surface area (Å²) in [7, 11) is -3.78. The van der Waals surface area contributed by atoms with Crippen molar-refractivity contribution in [2.75, 3.05) is 31.1 Å². The number of nitro benzene ring substituents is 1. The van der Waals surface area contributed by atoms with Crippen molar-refractivity contribution >= 4 is 32.2 Å². The summed E-state index contributed by atoms with van der Waals surface area (Å²) in [6.07, 6.45) is 0.992. The van der Waals surface area contributed by atoms with Gasteiger partial charge in [-0.3, -0.25) is 10.1 Å². The van der Waals surface area contributed by atoms with Crippen molar-refractivity contribution in [3.05, 3.63) is 69.6 Å². The minimum atomic E-state index is -3.78. The van der Waals surface area contributed by atoms with E-state index in [9.17, 15) is 18.5 Å². The molecule has 0 aliphatic carbocycles. The number of nitrogens with zero attached hydrogens (tertiary/aromatic N) is 4. The van der Waals surface area contributed by atoms with Gasteiger partial charge in [0.25, 0.3) is 5.69 Å². The van der Waals surface area contributed by atoms with E-state index in [1.165, 1.54) is 28.1 Å². The second-order valence-corrected chi connectivity index (χ2v) is 9.99. The van der Waals surface area contributed by atoms with Crippen molar-refractivity contribution in [1.82, 2.24) is 9.29 Å². The topological polar surface area (TPSA) is 96.7 Å². The first-order chi connectivity index (χ1) is 14.9. The van der Waals surface area contributed by atoms with E-state index < -0.39 is 14.9 Å². The largest absolute Gasteiger partial charge is 0.345 e. The number of benzene rings is 2. The molecule has 2 heterocycles. The molecule has 0 N–H and O–H groups in total. The smallest absolute Gasteiger partial charge is 0.270 e. The van der Waals surface area contributed by atoms with Crippen LogP contribution in [0.5, 0.6) is 0 Å². The third-order valence-electron chi connectivity index (χ3n) is 5.33. The van der Waals surface area contributed by atoms with Crippen LogP contribution in [-0.4, -0.2) is 48.8 Å². The van der Waals surface area contributed by atoms with Gasteiger partial charge in [0.2, 0.25) is 10.0 Å². The van der Waals surface area contributed by atoms with E-state index in [0.717, 1.165) is 28.9 Å². The molecule has 1 aliphatic heterocycles. The number of hydrogen-bond donors (Lipinski definition) is 0. The second-order valence-electron chi connectivity index (χ2n) is 7.21. The Kier molecular flexibility index (Phi) is 6.03. The number of rotatable bonds is 6. The first kappa shape index (κ1) is 21.4. The van der Waals surface area contributed by atoms with Gasteiger partial charge in [0, 0.05) is 49.3 Å². The van der Waals surface area contributed by atoms with E-state index in [2.05, 4.69) is 36.1 Å². The fourth-order valence-electron chi connectivity index (χ4n) is 3.48. The van der Waals surface area contributed by atoms with Crippen molar-refractivity contribution in [2.24, 2.45) is 0 Å². The van der Waals surface area contributed by atoms with Crippen LogP contribution in [0.25, 0.3) is 11.3 Å². The molecule has 1 aromatic heterocycles. The number of thiazole rings is 1. The molecule has 162 valence electrons.